The fraction of sp³-hybridized carbons (Fsp3) is 0.667. The number of nitrogens with one attached hydrogen (secondary N) is 4. The molecule has 1 aromatic carbocycles. The molecule has 0 aromatic heterocycles. The van der Waals surface area contributed by atoms with Crippen molar-refractivity contribution >= 4 is 29.5 Å². The second kappa shape index (κ2) is 16.4. The van der Waals surface area contributed by atoms with Gasteiger partial charge in [-0.3, -0.25) is 24.0 Å². The fourth-order valence-corrected chi connectivity index (χ4v) is 5.33. The van der Waals surface area contributed by atoms with E-state index in [0.29, 0.717) is 19.3 Å². The Morgan fingerprint density at radius 2 is 1.09 bits per heavy atom. The number of amides is 5. The highest BCUT2D eigenvalue weighted by atomic mass is 16.2. The Bertz CT molecular complexity index is 1100. The maximum Gasteiger partial charge on any atom is 0.245 e. The van der Waals surface area contributed by atoms with Gasteiger partial charge in [-0.05, 0) is 48.5 Å². The molecule has 1 saturated heterocycles. The van der Waals surface area contributed by atoms with Crippen LogP contribution in [0.2, 0.25) is 0 Å². The maximum atomic E-state index is 13.9. The van der Waals surface area contributed by atoms with Crippen molar-refractivity contribution in [3.8, 4) is 0 Å². The molecule has 4 N–H and O–H groups in total. The minimum atomic E-state index is -0.993. The van der Waals surface area contributed by atoms with Gasteiger partial charge in [0.2, 0.25) is 29.5 Å². The molecule has 5 amide bonds. The lowest BCUT2D eigenvalue weighted by Crippen LogP contribution is -2.59. The molecule has 43 heavy (non-hydrogen) atoms. The predicted molar refractivity (Wildman–Crippen MR) is 168 cm³/mol. The Morgan fingerprint density at radius 1 is 0.605 bits per heavy atom. The number of hydrogen-bond acceptors (Lipinski definition) is 5. The first-order valence-corrected chi connectivity index (χ1v) is 15.6. The molecule has 1 fully saturated rings. The van der Waals surface area contributed by atoms with Gasteiger partial charge < -0.3 is 26.2 Å². The lowest BCUT2D eigenvalue weighted by Gasteiger charge is -2.33. The van der Waals surface area contributed by atoms with E-state index < -0.39 is 59.7 Å². The quantitative estimate of drug-likeness (QED) is 0.346. The van der Waals surface area contributed by atoms with E-state index >= 15 is 0 Å². The van der Waals surface area contributed by atoms with Crippen molar-refractivity contribution in [2.24, 2.45) is 23.7 Å². The normalized spacial score (nSPS) is 24.9. The zero-order chi connectivity index (χ0) is 32.4. The minimum absolute atomic E-state index is 0.0590. The minimum Gasteiger partial charge on any atom is -0.343 e. The van der Waals surface area contributed by atoms with Crippen LogP contribution in [-0.4, -0.2) is 71.7 Å². The van der Waals surface area contributed by atoms with Gasteiger partial charge in [0.05, 0.1) is 0 Å². The van der Waals surface area contributed by atoms with Gasteiger partial charge in [-0.2, -0.15) is 0 Å². The Kier molecular flexibility index (Phi) is 13.7. The van der Waals surface area contributed by atoms with Crippen LogP contribution in [0.1, 0.15) is 80.2 Å². The van der Waals surface area contributed by atoms with Crippen LogP contribution in [0.3, 0.4) is 0 Å². The number of nitrogens with zero attached hydrogens (tertiary/aromatic N) is 1. The third-order valence-electron chi connectivity index (χ3n) is 7.64. The zero-order valence-electron chi connectivity index (χ0n) is 27.4. The van der Waals surface area contributed by atoms with Gasteiger partial charge in [-0.1, -0.05) is 85.7 Å². The predicted octanol–water partition coefficient (Wildman–Crippen LogP) is 2.80. The van der Waals surface area contributed by atoms with Crippen LogP contribution < -0.4 is 21.3 Å². The molecule has 10 heteroatoms. The first-order chi connectivity index (χ1) is 20.1. The summed E-state index contributed by atoms with van der Waals surface area (Å²) in [4.78, 5) is 70.2. The van der Waals surface area contributed by atoms with Crippen LogP contribution in [0.25, 0.3) is 0 Å². The highest BCUT2D eigenvalue weighted by Crippen LogP contribution is 2.17. The lowest BCUT2D eigenvalue weighted by atomic mass is 9.97. The molecule has 1 aliphatic rings. The molecule has 0 unspecified atom stereocenters. The number of likely N-dealkylation sites (N-methyl/N-ethyl adjacent to an activating group) is 1. The van der Waals surface area contributed by atoms with Crippen molar-refractivity contribution < 1.29 is 24.0 Å². The highest BCUT2D eigenvalue weighted by Gasteiger charge is 2.38. The molecule has 10 nitrogen and oxygen atoms in total. The average molecular weight is 600 g/mol. The van der Waals surface area contributed by atoms with E-state index in [2.05, 4.69) is 21.3 Å². The monoisotopic (exact) mass is 599 g/mol. The Morgan fingerprint density at radius 3 is 1.63 bits per heavy atom. The molecule has 1 aliphatic heterocycles. The first kappa shape index (κ1) is 35.8. The molecule has 1 heterocycles. The summed E-state index contributed by atoms with van der Waals surface area (Å²) in [5.41, 5.74) is 0.835. The number of hydrogen-bond donors (Lipinski definition) is 4. The van der Waals surface area contributed by atoms with E-state index in [-0.39, 0.29) is 30.1 Å². The van der Waals surface area contributed by atoms with E-state index in [0.717, 1.165) is 5.56 Å². The summed E-state index contributed by atoms with van der Waals surface area (Å²) in [6.45, 7) is 15.4. The molecule has 2 rings (SSSR count). The fourth-order valence-electron chi connectivity index (χ4n) is 5.33. The molecule has 1 aromatic rings. The van der Waals surface area contributed by atoms with Crippen LogP contribution in [0, 0.1) is 23.7 Å². The van der Waals surface area contributed by atoms with Crippen molar-refractivity contribution in [1.82, 2.24) is 26.2 Å². The van der Waals surface area contributed by atoms with Gasteiger partial charge in [-0.25, -0.2) is 0 Å². The summed E-state index contributed by atoms with van der Waals surface area (Å²) >= 11 is 0. The Hall–Kier alpha value is -3.43. The molecule has 5 atom stereocenters. The number of carbonyl (C=O) groups is 5. The topological polar surface area (TPSA) is 137 Å². The lowest BCUT2D eigenvalue weighted by molar-refractivity contribution is -0.143. The van der Waals surface area contributed by atoms with Crippen LogP contribution in [0.4, 0.5) is 0 Å². The number of rotatable bonds is 9. The van der Waals surface area contributed by atoms with Crippen LogP contribution in [-0.2, 0) is 30.4 Å². The molecule has 0 spiro atoms. The highest BCUT2D eigenvalue weighted by molar-refractivity contribution is 5.98. The summed E-state index contributed by atoms with van der Waals surface area (Å²) in [7, 11) is 1.57. The average Bonchev–Trinajstić information content (AvgIpc) is 2.91. The van der Waals surface area contributed by atoms with Crippen molar-refractivity contribution in [1.29, 1.82) is 0 Å². The van der Waals surface area contributed by atoms with E-state index in [1.54, 1.807) is 7.05 Å². The second-order valence-corrected chi connectivity index (χ2v) is 13.5. The summed E-state index contributed by atoms with van der Waals surface area (Å²) in [5.74, 6) is -2.42. The van der Waals surface area contributed by atoms with Crippen LogP contribution >= 0.6 is 0 Å². The molecule has 0 bridgehead atoms. The molecule has 0 aliphatic carbocycles. The van der Waals surface area contributed by atoms with Crippen LogP contribution in [0.15, 0.2) is 30.3 Å². The van der Waals surface area contributed by atoms with E-state index in [1.165, 1.54) is 4.90 Å². The number of benzene rings is 1. The summed E-state index contributed by atoms with van der Waals surface area (Å²) in [6, 6.07) is 4.71. The van der Waals surface area contributed by atoms with Gasteiger partial charge in [0.25, 0.3) is 0 Å². The Labute approximate surface area is 257 Å². The maximum absolute atomic E-state index is 13.9. The van der Waals surface area contributed by atoms with Crippen molar-refractivity contribution in [2.45, 2.75) is 111 Å². The number of carbonyl (C=O) groups excluding carboxylic acids is 5. The second-order valence-electron chi connectivity index (χ2n) is 13.5. The zero-order valence-corrected chi connectivity index (χ0v) is 27.4. The van der Waals surface area contributed by atoms with E-state index in [1.807, 2.05) is 85.7 Å². The molecule has 0 saturated carbocycles. The van der Waals surface area contributed by atoms with Gasteiger partial charge in [-0.15, -0.1) is 0 Å². The van der Waals surface area contributed by atoms with Gasteiger partial charge in [0.1, 0.15) is 30.2 Å². The molecular formula is C33H53N5O5. The molecular weight excluding hydrogens is 546 g/mol. The van der Waals surface area contributed by atoms with Crippen molar-refractivity contribution in [3.05, 3.63) is 35.9 Å². The van der Waals surface area contributed by atoms with E-state index in [9.17, 15) is 24.0 Å². The third-order valence-corrected chi connectivity index (χ3v) is 7.64. The van der Waals surface area contributed by atoms with Gasteiger partial charge in [0, 0.05) is 13.5 Å². The summed E-state index contributed by atoms with van der Waals surface area (Å²) in [6.07, 6.45) is 1.26. The summed E-state index contributed by atoms with van der Waals surface area (Å²) in [5, 5.41) is 11.5. The van der Waals surface area contributed by atoms with E-state index in [4.69, 9.17) is 0 Å². The van der Waals surface area contributed by atoms with Gasteiger partial charge in [0.15, 0.2) is 0 Å². The Balaban J connectivity index is 2.65. The summed E-state index contributed by atoms with van der Waals surface area (Å²) < 4.78 is 0. The van der Waals surface area contributed by atoms with Gasteiger partial charge >= 0.3 is 0 Å². The first-order valence-electron chi connectivity index (χ1n) is 15.6. The third kappa shape index (κ3) is 11.0. The molecule has 240 valence electrons. The standard InChI is InChI=1S/C33H53N5O5/c1-19(2)15-24-30(40)37-28(22(7)8)32(42)36-26(16-20(3)4)33(43)38(9)27(17-21(5)6)31(41)35-25(29(39)34-24)18-23-13-11-10-12-14-23/h10-14,19-22,24-28H,15-18H2,1-9H3,(H,34,39)(H,35,41)(H,36,42)(H,37,40)/t24-,25-,26-,27+,28-/m0/s1. The van der Waals surface area contributed by atoms with Crippen LogP contribution in [0.5, 0.6) is 0 Å². The largest absolute Gasteiger partial charge is 0.343 e. The van der Waals surface area contributed by atoms with Crippen molar-refractivity contribution in [3.63, 3.8) is 0 Å². The van der Waals surface area contributed by atoms with Crippen molar-refractivity contribution in [2.75, 3.05) is 7.05 Å². The molecule has 0 radical (unpaired) electrons. The smallest absolute Gasteiger partial charge is 0.245 e. The SMILES string of the molecule is CC(C)C[C@@H]1NC(=O)[C@H](Cc2ccccc2)NC(=O)[C@@H](CC(C)C)N(C)C(=O)[C@H](CC(C)C)NC(=O)[C@H](C(C)C)NC1=O.